The smallest absolute Gasteiger partial charge is 0.410 e. The number of benzene rings is 2. The summed E-state index contributed by atoms with van der Waals surface area (Å²) < 4.78 is 21.6. The summed E-state index contributed by atoms with van der Waals surface area (Å²) >= 11 is 0. The normalized spacial score (nSPS) is 16.7. The molecule has 2 aromatic rings. The van der Waals surface area contributed by atoms with E-state index in [1.165, 1.54) is 14.2 Å². The molecule has 148 valence electrons. The van der Waals surface area contributed by atoms with Gasteiger partial charge in [0.25, 0.3) is 0 Å². The SMILES string of the molecule is COC(=O)N1CCc2cc(OC)c(OC)c3c2[C@H]1Cc1ccc(OC)c(O)c1-3. The zero-order valence-electron chi connectivity index (χ0n) is 16.4. The fraction of sp³-hybridized carbons (Fsp3) is 0.381. The van der Waals surface area contributed by atoms with E-state index < -0.39 is 0 Å². The molecule has 1 heterocycles. The van der Waals surface area contributed by atoms with Crippen LogP contribution in [-0.2, 0) is 17.6 Å². The molecule has 0 fully saturated rings. The monoisotopic (exact) mass is 385 g/mol. The number of rotatable bonds is 3. The number of fused-ring (bicyclic) bond motifs is 2. The van der Waals surface area contributed by atoms with Crippen LogP contribution in [0.3, 0.4) is 0 Å². The van der Waals surface area contributed by atoms with Crippen LogP contribution in [0.4, 0.5) is 4.79 Å². The summed E-state index contributed by atoms with van der Waals surface area (Å²) in [6.45, 7) is 0.552. The van der Waals surface area contributed by atoms with Gasteiger partial charge in [-0.05, 0) is 41.7 Å². The molecule has 2 aliphatic rings. The van der Waals surface area contributed by atoms with Crippen molar-refractivity contribution in [3.63, 3.8) is 0 Å². The van der Waals surface area contributed by atoms with Gasteiger partial charge in [0.15, 0.2) is 23.0 Å². The van der Waals surface area contributed by atoms with E-state index in [9.17, 15) is 9.90 Å². The van der Waals surface area contributed by atoms with Crippen molar-refractivity contribution >= 4 is 6.09 Å². The minimum Gasteiger partial charge on any atom is -0.504 e. The van der Waals surface area contributed by atoms with Crippen LogP contribution < -0.4 is 14.2 Å². The number of amides is 1. The fourth-order valence-electron chi connectivity index (χ4n) is 4.43. The Bertz CT molecular complexity index is 955. The lowest BCUT2D eigenvalue weighted by Crippen LogP contribution is -2.42. The predicted molar refractivity (Wildman–Crippen MR) is 102 cm³/mol. The van der Waals surface area contributed by atoms with Gasteiger partial charge in [-0.15, -0.1) is 0 Å². The number of hydrogen-bond acceptors (Lipinski definition) is 6. The molecular weight excluding hydrogens is 362 g/mol. The molecule has 2 aromatic carbocycles. The van der Waals surface area contributed by atoms with Crippen molar-refractivity contribution in [3.8, 4) is 34.1 Å². The summed E-state index contributed by atoms with van der Waals surface area (Å²) in [7, 11) is 6.07. The van der Waals surface area contributed by atoms with Gasteiger partial charge < -0.3 is 29.0 Å². The molecule has 0 unspecified atom stereocenters. The first-order valence-electron chi connectivity index (χ1n) is 9.07. The van der Waals surface area contributed by atoms with Gasteiger partial charge in [0.1, 0.15) is 0 Å². The van der Waals surface area contributed by atoms with Crippen LogP contribution in [0.5, 0.6) is 23.0 Å². The third-order valence-electron chi connectivity index (χ3n) is 5.65. The second kappa shape index (κ2) is 6.82. The van der Waals surface area contributed by atoms with E-state index in [-0.39, 0.29) is 17.9 Å². The van der Waals surface area contributed by atoms with Crippen LogP contribution >= 0.6 is 0 Å². The van der Waals surface area contributed by atoms with Crippen molar-refractivity contribution in [1.29, 1.82) is 0 Å². The number of carbonyl (C=O) groups excluding carboxylic acids is 1. The second-order valence-corrected chi connectivity index (χ2v) is 6.84. The number of aromatic hydroxyl groups is 1. The molecular formula is C21H23NO6. The number of hydrogen-bond donors (Lipinski definition) is 1. The number of carbonyl (C=O) groups is 1. The third kappa shape index (κ3) is 2.46. The van der Waals surface area contributed by atoms with E-state index in [0.29, 0.717) is 42.2 Å². The largest absolute Gasteiger partial charge is 0.504 e. The number of phenols is 1. The Morgan fingerprint density at radius 2 is 1.79 bits per heavy atom. The van der Waals surface area contributed by atoms with Crippen molar-refractivity contribution in [1.82, 2.24) is 4.90 Å². The first-order valence-corrected chi connectivity index (χ1v) is 9.07. The molecule has 4 rings (SSSR count). The lowest BCUT2D eigenvalue weighted by atomic mass is 9.76. The summed E-state index contributed by atoms with van der Waals surface area (Å²) in [6.07, 6.45) is 0.865. The molecule has 0 saturated carbocycles. The standard InChI is InChI=1S/C21H23NO6/c1-25-14-6-5-11-9-13-16-12(7-8-22(13)21(24)28-4)10-15(26-2)20(27-3)18(16)17(11)19(14)23/h5-6,10,13,23H,7-9H2,1-4H3/t13-/m1/s1. The van der Waals surface area contributed by atoms with E-state index in [1.54, 1.807) is 25.2 Å². The highest BCUT2D eigenvalue weighted by Gasteiger charge is 2.41. The molecule has 0 aromatic heterocycles. The highest BCUT2D eigenvalue weighted by molar-refractivity contribution is 5.89. The Hall–Kier alpha value is -3.09. The molecule has 7 heteroatoms. The topological polar surface area (TPSA) is 77.5 Å². The van der Waals surface area contributed by atoms with E-state index in [1.807, 2.05) is 12.1 Å². The van der Waals surface area contributed by atoms with Crippen LogP contribution in [0.25, 0.3) is 11.1 Å². The van der Waals surface area contributed by atoms with Gasteiger partial charge in [-0.3, -0.25) is 0 Å². The molecule has 1 aliphatic heterocycles. The molecule has 0 radical (unpaired) electrons. The van der Waals surface area contributed by atoms with E-state index in [0.717, 1.165) is 22.3 Å². The molecule has 1 N–H and O–H groups in total. The molecule has 0 spiro atoms. The minimum absolute atomic E-state index is 0.0578. The lowest BCUT2D eigenvalue weighted by molar-refractivity contribution is 0.100. The highest BCUT2D eigenvalue weighted by atomic mass is 16.5. The molecule has 0 saturated heterocycles. The zero-order valence-corrected chi connectivity index (χ0v) is 16.4. The van der Waals surface area contributed by atoms with Crippen molar-refractivity contribution in [3.05, 3.63) is 34.9 Å². The second-order valence-electron chi connectivity index (χ2n) is 6.84. The number of phenolic OH excluding ortho intramolecular Hbond substituents is 1. The van der Waals surface area contributed by atoms with Gasteiger partial charge >= 0.3 is 6.09 Å². The predicted octanol–water partition coefficient (Wildman–Crippen LogP) is 3.31. The van der Waals surface area contributed by atoms with Gasteiger partial charge in [0.05, 0.1) is 34.5 Å². The van der Waals surface area contributed by atoms with Crippen LogP contribution in [0.1, 0.15) is 22.7 Å². The quantitative estimate of drug-likeness (QED) is 0.874. The average Bonchev–Trinajstić information content (AvgIpc) is 2.72. The van der Waals surface area contributed by atoms with Gasteiger partial charge in [-0.1, -0.05) is 6.07 Å². The third-order valence-corrected chi connectivity index (χ3v) is 5.65. The summed E-state index contributed by atoms with van der Waals surface area (Å²) in [4.78, 5) is 14.2. The van der Waals surface area contributed by atoms with E-state index in [4.69, 9.17) is 18.9 Å². The van der Waals surface area contributed by atoms with Gasteiger partial charge in [0, 0.05) is 17.7 Å². The Morgan fingerprint density at radius 1 is 1.04 bits per heavy atom. The molecule has 0 bridgehead atoms. The van der Waals surface area contributed by atoms with Crippen molar-refractivity contribution in [2.45, 2.75) is 18.9 Å². The van der Waals surface area contributed by atoms with Crippen molar-refractivity contribution in [2.75, 3.05) is 35.0 Å². The Morgan fingerprint density at radius 3 is 2.43 bits per heavy atom. The first-order chi connectivity index (χ1) is 13.5. The number of nitrogens with zero attached hydrogens (tertiary/aromatic N) is 1. The van der Waals surface area contributed by atoms with Crippen LogP contribution in [0.15, 0.2) is 18.2 Å². The molecule has 28 heavy (non-hydrogen) atoms. The molecule has 1 amide bonds. The summed E-state index contributed by atoms with van der Waals surface area (Å²) in [5.74, 6) is 1.57. The van der Waals surface area contributed by atoms with Gasteiger partial charge in [-0.2, -0.15) is 0 Å². The Kier molecular flexibility index (Phi) is 4.45. The Balaban J connectivity index is 2.06. The average molecular weight is 385 g/mol. The van der Waals surface area contributed by atoms with Crippen LogP contribution in [-0.4, -0.2) is 51.1 Å². The van der Waals surface area contributed by atoms with Gasteiger partial charge in [-0.25, -0.2) is 4.79 Å². The summed E-state index contributed by atoms with van der Waals surface area (Å²) in [5, 5.41) is 10.9. The van der Waals surface area contributed by atoms with Crippen LogP contribution in [0, 0.1) is 0 Å². The van der Waals surface area contributed by atoms with Crippen molar-refractivity contribution in [2.24, 2.45) is 0 Å². The first kappa shape index (κ1) is 18.3. The maximum atomic E-state index is 12.4. The fourth-order valence-corrected chi connectivity index (χ4v) is 4.43. The lowest BCUT2D eigenvalue weighted by Gasteiger charge is -2.41. The summed E-state index contributed by atoms with van der Waals surface area (Å²) in [6, 6.07) is 5.41. The number of ether oxygens (including phenoxy) is 4. The van der Waals surface area contributed by atoms with E-state index >= 15 is 0 Å². The maximum Gasteiger partial charge on any atom is 0.410 e. The summed E-state index contributed by atoms with van der Waals surface area (Å²) in [5.41, 5.74) is 4.35. The highest BCUT2D eigenvalue weighted by Crippen LogP contribution is 2.56. The zero-order chi connectivity index (χ0) is 20.0. The minimum atomic E-state index is -0.363. The van der Waals surface area contributed by atoms with Crippen molar-refractivity contribution < 1.29 is 28.8 Å². The van der Waals surface area contributed by atoms with Gasteiger partial charge in [0.2, 0.25) is 0 Å². The molecule has 7 nitrogen and oxygen atoms in total. The van der Waals surface area contributed by atoms with Crippen LogP contribution in [0.2, 0.25) is 0 Å². The molecule has 1 atom stereocenters. The van der Waals surface area contributed by atoms with E-state index in [2.05, 4.69) is 0 Å². The number of methoxy groups -OCH3 is 4. The molecule has 1 aliphatic carbocycles. The Labute approximate surface area is 163 Å². The maximum absolute atomic E-state index is 12.4.